The summed E-state index contributed by atoms with van der Waals surface area (Å²) < 4.78 is 1.91. The van der Waals surface area contributed by atoms with Gasteiger partial charge in [-0.1, -0.05) is 19.9 Å². The van der Waals surface area contributed by atoms with Crippen molar-refractivity contribution < 1.29 is 0 Å². The van der Waals surface area contributed by atoms with Crippen molar-refractivity contribution in [2.24, 2.45) is 13.0 Å². The average Bonchev–Trinajstić information content (AvgIpc) is 2.60. The molecule has 2 unspecified atom stereocenters. The third-order valence-corrected chi connectivity index (χ3v) is 3.06. The first-order chi connectivity index (χ1) is 7.58. The maximum atomic E-state index is 4.42. The summed E-state index contributed by atoms with van der Waals surface area (Å²) in [5, 5.41) is 7.92. The van der Waals surface area contributed by atoms with Gasteiger partial charge in [0.25, 0.3) is 0 Å². The number of aryl methyl sites for hydroxylation is 2. The van der Waals surface area contributed by atoms with Crippen molar-refractivity contribution in [3.05, 3.63) is 24.4 Å². The molecular formula is C13H23N3. The molecule has 16 heavy (non-hydrogen) atoms. The van der Waals surface area contributed by atoms with E-state index in [4.69, 9.17) is 0 Å². The van der Waals surface area contributed by atoms with Gasteiger partial charge in [-0.15, -0.1) is 6.58 Å². The van der Waals surface area contributed by atoms with Crippen molar-refractivity contribution in [3.63, 3.8) is 0 Å². The zero-order chi connectivity index (χ0) is 12.1. The Labute approximate surface area is 98.5 Å². The quantitative estimate of drug-likeness (QED) is 0.748. The Morgan fingerprint density at radius 1 is 1.56 bits per heavy atom. The molecule has 90 valence electrons. The van der Waals surface area contributed by atoms with Gasteiger partial charge in [0.05, 0.1) is 5.69 Å². The Kier molecular flexibility index (Phi) is 4.59. The Hall–Kier alpha value is -1.25. The monoisotopic (exact) mass is 221 g/mol. The number of nitrogens with one attached hydrogen (secondary N) is 1. The molecule has 0 aromatic carbocycles. The third kappa shape index (κ3) is 3.12. The highest BCUT2D eigenvalue weighted by Gasteiger charge is 2.12. The van der Waals surface area contributed by atoms with Gasteiger partial charge < -0.3 is 5.32 Å². The van der Waals surface area contributed by atoms with Crippen molar-refractivity contribution in [3.8, 4) is 0 Å². The van der Waals surface area contributed by atoms with Crippen LogP contribution in [-0.4, -0.2) is 15.8 Å². The first kappa shape index (κ1) is 12.8. The molecule has 0 spiro atoms. The number of aromatic nitrogens is 2. The van der Waals surface area contributed by atoms with Crippen LogP contribution in [0, 0.1) is 5.92 Å². The molecule has 0 saturated heterocycles. The Morgan fingerprint density at radius 3 is 2.75 bits per heavy atom. The van der Waals surface area contributed by atoms with Gasteiger partial charge in [0, 0.05) is 19.2 Å². The summed E-state index contributed by atoms with van der Waals surface area (Å²) in [5.74, 6) is 1.68. The molecule has 1 aromatic rings. The fourth-order valence-electron chi connectivity index (χ4n) is 1.68. The van der Waals surface area contributed by atoms with Crippen LogP contribution in [0.25, 0.3) is 0 Å². The summed E-state index contributed by atoms with van der Waals surface area (Å²) >= 11 is 0. The van der Waals surface area contributed by atoms with E-state index in [1.54, 1.807) is 0 Å². The zero-order valence-corrected chi connectivity index (χ0v) is 10.8. The predicted octanol–water partition coefficient (Wildman–Crippen LogP) is 3.00. The average molecular weight is 221 g/mol. The van der Waals surface area contributed by atoms with Crippen LogP contribution in [0.1, 0.15) is 32.9 Å². The molecule has 0 saturated carbocycles. The number of hydrogen-bond donors (Lipinski definition) is 1. The van der Waals surface area contributed by atoms with Crippen molar-refractivity contribution in [1.82, 2.24) is 9.78 Å². The second-order valence-corrected chi connectivity index (χ2v) is 4.43. The number of nitrogens with zero attached hydrogens (tertiary/aromatic N) is 2. The minimum Gasteiger partial charge on any atom is -0.368 e. The summed E-state index contributed by atoms with van der Waals surface area (Å²) in [7, 11) is 1.98. The van der Waals surface area contributed by atoms with Gasteiger partial charge in [0.1, 0.15) is 5.82 Å². The Bertz CT molecular complexity index is 341. The van der Waals surface area contributed by atoms with Gasteiger partial charge >= 0.3 is 0 Å². The fraction of sp³-hybridized carbons (Fsp3) is 0.615. The van der Waals surface area contributed by atoms with E-state index in [9.17, 15) is 0 Å². The molecule has 0 aliphatic rings. The molecule has 3 nitrogen and oxygen atoms in total. The van der Waals surface area contributed by atoms with Gasteiger partial charge in [0.15, 0.2) is 0 Å². The van der Waals surface area contributed by atoms with Crippen molar-refractivity contribution in [1.29, 1.82) is 0 Å². The molecule has 3 heteroatoms. The first-order valence-corrected chi connectivity index (χ1v) is 5.98. The highest BCUT2D eigenvalue weighted by atomic mass is 15.3. The Morgan fingerprint density at radius 2 is 2.25 bits per heavy atom. The lowest BCUT2D eigenvalue weighted by Crippen LogP contribution is -2.24. The van der Waals surface area contributed by atoms with Crippen LogP contribution in [-0.2, 0) is 13.5 Å². The second-order valence-electron chi connectivity index (χ2n) is 4.43. The summed E-state index contributed by atoms with van der Waals surface area (Å²) in [6.07, 6.45) is 3.99. The largest absolute Gasteiger partial charge is 0.368 e. The van der Waals surface area contributed by atoms with E-state index >= 15 is 0 Å². The molecular weight excluding hydrogens is 198 g/mol. The summed E-state index contributed by atoms with van der Waals surface area (Å²) in [5.41, 5.74) is 1.13. The van der Waals surface area contributed by atoms with Gasteiger partial charge in [-0.3, -0.25) is 4.68 Å². The lowest BCUT2D eigenvalue weighted by Gasteiger charge is -2.20. The molecule has 1 rings (SSSR count). The molecule has 1 aromatic heterocycles. The topological polar surface area (TPSA) is 29.9 Å². The van der Waals surface area contributed by atoms with Gasteiger partial charge in [0.2, 0.25) is 0 Å². The van der Waals surface area contributed by atoms with E-state index in [2.05, 4.69) is 43.8 Å². The molecule has 1 heterocycles. The molecule has 0 radical (unpaired) electrons. The molecule has 1 N–H and O–H groups in total. The fourth-order valence-corrected chi connectivity index (χ4v) is 1.68. The standard InChI is InChI=1S/C13H23N3/c1-6-8-10(3)11(4)14-13-9-12(7-2)15-16(13)5/h6,9-11,14H,1,7-8H2,2-5H3. The normalized spacial score (nSPS) is 14.5. The van der Waals surface area contributed by atoms with Crippen LogP contribution in [0.3, 0.4) is 0 Å². The SMILES string of the molecule is C=CCC(C)C(C)Nc1cc(CC)nn1C. The van der Waals surface area contributed by atoms with Crippen LogP contribution >= 0.6 is 0 Å². The van der Waals surface area contributed by atoms with Gasteiger partial charge in [-0.25, -0.2) is 0 Å². The van der Waals surface area contributed by atoms with E-state index < -0.39 is 0 Å². The van der Waals surface area contributed by atoms with Gasteiger partial charge in [-0.05, 0) is 25.7 Å². The molecule has 0 fully saturated rings. The molecule has 0 bridgehead atoms. The predicted molar refractivity (Wildman–Crippen MR) is 69.6 cm³/mol. The van der Waals surface area contributed by atoms with Crippen LogP contribution in [0.15, 0.2) is 18.7 Å². The molecule has 0 aliphatic carbocycles. The van der Waals surface area contributed by atoms with E-state index in [0.717, 1.165) is 24.4 Å². The lowest BCUT2D eigenvalue weighted by atomic mass is 10.00. The van der Waals surface area contributed by atoms with E-state index in [1.165, 1.54) is 0 Å². The van der Waals surface area contributed by atoms with Crippen molar-refractivity contribution >= 4 is 5.82 Å². The van der Waals surface area contributed by atoms with Crippen molar-refractivity contribution in [2.75, 3.05) is 5.32 Å². The van der Waals surface area contributed by atoms with E-state index in [1.807, 2.05) is 17.8 Å². The number of hydrogen-bond acceptors (Lipinski definition) is 2. The van der Waals surface area contributed by atoms with Crippen LogP contribution < -0.4 is 5.32 Å². The highest BCUT2D eigenvalue weighted by molar-refractivity contribution is 5.38. The smallest absolute Gasteiger partial charge is 0.124 e. The molecule has 0 aliphatic heterocycles. The lowest BCUT2D eigenvalue weighted by molar-refractivity contribution is 0.513. The number of rotatable bonds is 6. The van der Waals surface area contributed by atoms with E-state index in [0.29, 0.717) is 12.0 Å². The van der Waals surface area contributed by atoms with Crippen LogP contribution in [0.4, 0.5) is 5.82 Å². The minimum absolute atomic E-state index is 0.429. The molecule has 0 amide bonds. The van der Waals surface area contributed by atoms with Crippen LogP contribution in [0.2, 0.25) is 0 Å². The second kappa shape index (κ2) is 5.73. The third-order valence-electron chi connectivity index (χ3n) is 3.06. The zero-order valence-electron chi connectivity index (χ0n) is 10.8. The van der Waals surface area contributed by atoms with Gasteiger partial charge in [-0.2, -0.15) is 5.10 Å². The highest BCUT2D eigenvalue weighted by Crippen LogP contribution is 2.16. The van der Waals surface area contributed by atoms with Crippen LogP contribution in [0.5, 0.6) is 0 Å². The van der Waals surface area contributed by atoms with Crippen molar-refractivity contribution in [2.45, 2.75) is 39.7 Å². The number of allylic oxidation sites excluding steroid dienone is 1. The van der Waals surface area contributed by atoms with E-state index in [-0.39, 0.29) is 0 Å². The first-order valence-electron chi connectivity index (χ1n) is 5.98. The molecule has 2 atom stereocenters. The maximum Gasteiger partial charge on any atom is 0.124 e. The number of anilines is 1. The summed E-state index contributed by atoms with van der Waals surface area (Å²) in [4.78, 5) is 0. The summed E-state index contributed by atoms with van der Waals surface area (Å²) in [6, 6.07) is 2.55. The minimum atomic E-state index is 0.429. The maximum absolute atomic E-state index is 4.42. The Balaban J connectivity index is 2.64. The summed E-state index contributed by atoms with van der Waals surface area (Å²) in [6.45, 7) is 10.3.